The topological polar surface area (TPSA) is 48.9 Å². The van der Waals surface area contributed by atoms with Crippen LogP contribution in [-0.2, 0) is 17.8 Å². The summed E-state index contributed by atoms with van der Waals surface area (Å²) in [6, 6.07) is 15.1. The minimum atomic E-state index is -0.210. The van der Waals surface area contributed by atoms with Crippen LogP contribution in [0, 0.1) is 5.82 Å². The van der Waals surface area contributed by atoms with Gasteiger partial charge in [-0.2, -0.15) is 0 Å². The zero-order valence-electron chi connectivity index (χ0n) is 15.7. The summed E-state index contributed by atoms with van der Waals surface area (Å²) < 4.78 is 19.3. The molecule has 2 N–H and O–H groups in total. The van der Waals surface area contributed by atoms with Crippen molar-refractivity contribution in [3.63, 3.8) is 0 Å². The minimum absolute atomic E-state index is 0.210. The van der Waals surface area contributed by atoms with Gasteiger partial charge in [0.15, 0.2) is 5.96 Å². The van der Waals surface area contributed by atoms with Crippen molar-refractivity contribution in [2.45, 2.75) is 20.0 Å². The van der Waals surface area contributed by atoms with Crippen molar-refractivity contribution in [3.05, 3.63) is 65.5 Å². The van der Waals surface area contributed by atoms with Crippen LogP contribution in [0.25, 0.3) is 0 Å². The number of guanidine groups is 1. The fraction of sp³-hybridized carbons (Fsp3) is 0.381. The summed E-state index contributed by atoms with van der Waals surface area (Å²) in [6.45, 7) is 7.01. The molecule has 2 aromatic rings. The van der Waals surface area contributed by atoms with E-state index in [9.17, 15) is 4.39 Å². The number of anilines is 1. The summed E-state index contributed by atoms with van der Waals surface area (Å²) in [6.07, 6.45) is 0. The molecule has 2 aromatic carbocycles. The number of hydrogen-bond acceptors (Lipinski definition) is 3. The number of benzene rings is 2. The van der Waals surface area contributed by atoms with Crippen LogP contribution >= 0.6 is 0 Å². The molecule has 0 radical (unpaired) electrons. The van der Waals surface area contributed by atoms with Crippen LogP contribution in [-0.4, -0.2) is 38.8 Å². The van der Waals surface area contributed by atoms with E-state index in [1.54, 1.807) is 12.1 Å². The first-order valence-electron chi connectivity index (χ1n) is 9.44. The highest BCUT2D eigenvalue weighted by Gasteiger charge is 2.14. The summed E-state index contributed by atoms with van der Waals surface area (Å²) in [5.41, 5.74) is 2.99. The molecule has 0 unspecified atom stereocenters. The summed E-state index contributed by atoms with van der Waals surface area (Å²) in [5.74, 6) is 0.469. The van der Waals surface area contributed by atoms with Crippen molar-refractivity contribution in [2.75, 3.05) is 37.7 Å². The second-order valence-electron chi connectivity index (χ2n) is 6.37. The third-order valence-electron chi connectivity index (χ3n) is 4.50. The molecule has 0 bridgehead atoms. The van der Waals surface area contributed by atoms with Gasteiger partial charge in [-0.25, -0.2) is 9.38 Å². The fourth-order valence-corrected chi connectivity index (χ4v) is 3.08. The van der Waals surface area contributed by atoms with Crippen LogP contribution in [0.1, 0.15) is 18.1 Å². The molecule has 0 amide bonds. The lowest BCUT2D eigenvalue weighted by molar-refractivity contribution is 0.122. The van der Waals surface area contributed by atoms with E-state index in [2.05, 4.69) is 33.7 Å². The van der Waals surface area contributed by atoms with E-state index >= 15 is 0 Å². The Kier molecular flexibility index (Phi) is 7.04. The first kappa shape index (κ1) is 19.2. The predicted molar refractivity (Wildman–Crippen MR) is 108 cm³/mol. The molecular weight excluding hydrogens is 343 g/mol. The molecule has 0 spiro atoms. The lowest BCUT2D eigenvalue weighted by Crippen LogP contribution is -2.37. The lowest BCUT2D eigenvalue weighted by atomic mass is 10.1. The summed E-state index contributed by atoms with van der Waals surface area (Å²) >= 11 is 0. The van der Waals surface area contributed by atoms with E-state index in [0.29, 0.717) is 24.6 Å². The van der Waals surface area contributed by atoms with Crippen LogP contribution in [0.15, 0.2) is 53.5 Å². The van der Waals surface area contributed by atoms with Gasteiger partial charge in [0.1, 0.15) is 5.82 Å². The molecular formula is C21H27FN4O. The van der Waals surface area contributed by atoms with Gasteiger partial charge in [0.2, 0.25) is 0 Å². The van der Waals surface area contributed by atoms with Crippen molar-refractivity contribution >= 4 is 11.6 Å². The zero-order valence-corrected chi connectivity index (χ0v) is 15.7. The van der Waals surface area contributed by atoms with Gasteiger partial charge < -0.3 is 20.3 Å². The number of morpholine rings is 1. The van der Waals surface area contributed by atoms with Crippen LogP contribution in [0.2, 0.25) is 0 Å². The Bertz CT molecular complexity index is 759. The molecule has 5 nitrogen and oxygen atoms in total. The minimum Gasteiger partial charge on any atom is -0.378 e. The average molecular weight is 370 g/mol. The average Bonchev–Trinajstić information content (AvgIpc) is 2.72. The van der Waals surface area contributed by atoms with Crippen molar-refractivity contribution in [3.8, 4) is 0 Å². The van der Waals surface area contributed by atoms with Crippen molar-refractivity contribution in [2.24, 2.45) is 4.99 Å². The van der Waals surface area contributed by atoms with Gasteiger partial charge in [-0.05, 0) is 24.6 Å². The first-order valence-corrected chi connectivity index (χ1v) is 9.44. The van der Waals surface area contributed by atoms with Gasteiger partial charge in [0.05, 0.1) is 19.8 Å². The molecule has 0 atom stereocenters. The van der Waals surface area contributed by atoms with Crippen LogP contribution < -0.4 is 15.5 Å². The van der Waals surface area contributed by atoms with E-state index in [4.69, 9.17) is 9.73 Å². The highest BCUT2D eigenvalue weighted by Crippen LogP contribution is 2.22. The van der Waals surface area contributed by atoms with E-state index in [1.807, 2.05) is 19.1 Å². The Labute approximate surface area is 160 Å². The highest BCUT2D eigenvalue weighted by atomic mass is 19.1. The van der Waals surface area contributed by atoms with E-state index in [-0.39, 0.29) is 5.82 Å². The SMILES string of the molecule is CCNC(=NCc1ccccc1N1CCOCC1)NCc1ccccc1F. The number of para-hydroxylation sites is 1. The van der Waals surface area contributed by atoms with Crippen LogP contribution in [0.3, 0.4) is 0 Å². The summed E-state index contributed by atoms with van der Waals surface area (Å²) in [4.78, 5) is 7.04. The van der Waals surface area contributed by atoms with Gasteiger partial charge in [-0.1, -0.05) is 36.4 Å². The molecule has 0 aliphatic carbocycles. The quantitative estimate of drug-likeness (QED) is 0.606. The van der Waals surface area contributed by atoms with Gasteiger partial charge in [0.25, 0.3) is 0 Å². The third-order valence-corrected chi connectivity index (χ3v) is 4.50. The molecule has 3 rings (SSSR count). The molecule has 1 aliphatic heterocycles. The molecule has 27 heavy (non-hydrogen) atoms. The number of halogens is 1. The Balaban J connectivity index is 1.69. The van der Waals surface area contributed by atoms with Crippen molar-refractivity contribution < 1.29 is 9.13 Å². The number of nitrogens with one attached hydrogen (secondary N) is 2. The Morgan fingerprint density at radius 2 is 1.74 bits per heavy atom. The molecule has 1 fully saturated rings. The number of hydrogen-bond donors (Lipinski definition) is 2. The smallest absolute Gasteiger partial charge is 0.191 e. The van der Waals surface area contributed by atoms with Gasteiger partial charge in [-0.15, -0.1) is 0 Å². The van der Waals surface area contributed by atoms with Crippen molar-refractivity contribution in [1.29, 1.82) is 0 Å². The fourth-order valence-electron chi connectivity index (χ4n) is 3.08. The zero-order chi connectivity index (χ0) is 18.9. The largest absolute Gasteiger partial charge is 0.378 e. The number of nitrogens with zero attached hydrogens (tertiary/aromatic N) is 2. The molecule has 1 saturated heterocycles. The predicted octanol–water partition coefficient (Wildman–Crippen LogP) is 2.92. The molecule has 144 valence electrons. The van der Waals surface area contributed by atoms with E-state index in [1.165, 1.54) is 17.3 Å². The maximum Gasteiger partial charge on any atom is 0.191 e. The molecule has 1 heterocycles. The van der Waals surface area contributed by atoms with Crippen LogP contribution in [0.5, 0.6) is 0 Å². The first-order chi connectivity index (χ1) is 13.3. The Morgan fingerprint density at radius 3 is 2.48 bits per heavy atom. The number of rotatable bonds is 6. The van der Waals surface area contributed by atoms with E-state index in [0.717, 1.165) is 32.8 Å². The number of ether oxygens (including phenoxy) is 1. The normalized spacial score (nSPS) is 14.9. The third kappa shape index (κ3) is 5.44. The lowest BCUT2D eigenvalue weighted by Gasteiger charge is -2.30. The summed E-state index contributed by atoms with van der Waals surface area (Å²) in [5, 5.41) is 6.44. The second-order valence-corrected chi connectivity index (χ2v) is 6.37. The van der Waals surface area contributed by atoms with Crippen molar-refractivity contribution in [1.82, 2.24) is 10.6 Å². The maximum absolute atomic E-state index is 13.8. The monoisotopic (exact) mass is 370 g/mol. The highest BCUT2D eigenvalue weighted by molar-refractivity contribution is 5.79. The van der Waals surface area contributed by atoms with E-state index < -0.39 is 0 Å². The summed E-state index contributed by atoms with van der Waals surface area (Å²) in [7, 11) is 0. The number of aliphatic imine (C=N–C) groups is 1. The molecule has 0 aromatic heterocycles. The van der Waals surface area contributed by atoms with Gasteiger partial charge in [-0.3, -0.25) is 0 Å². The molecule has 6 heteroatoms. The van der Waals surface area contributed by atoms with Gasteiger partial charge >= 0.3 is 0 Å². The Hall–Kier alpha value is -2.60. The van der Waals surface area contributed by atoms with Crippen LogP contribution in [0.4, 0.5) is 10.1 Å². The standard InChI is InChI=1S/C21H27FN4O/c1-2-23-21(24-15-17-7-3-5-9-19(17)22)25-16-18-8-4-6-10-20(18)26-11-13-27-14-12-26/h3-10H,2,11-16H2,1H3,(H2,23,24,25). The molecule has 0 saturated carbocycles. The van der Waals surface area contributed by atoms with Gasteiger partial charge in [0, 0.05) is 37.4 Å². The second kappa shape index (κ2) is 9.92. The maximum atomic E-state index is 13.8. The Morgan fingerprint density at radius 1 is 1.04 bits per heavy atom. The molecule has 1 aliphatic rings.